The SMILES string of the molecule is Cc1cccc(C=CC(=O)N(CC(=O)O)CC(C)C)c1. The van der Waals surface area contributed by atoms with E-state index in [2.05, 4.69) is 0 Å². The van der Waals surface area contributed by atoms with Gasteiger partial charge in [0.05, 0.1) is 0 Å². The maximum absolute atomic E-state index is 12.0. The molecule has 1 amide bonds. The number of benzene rings is 1. The molecule has 1 N–H and O–H groups in total. The number of carboxylic acid groups (broad SMARTS) is 1. The van der Waals surface area contributed by atoms with E-state index in [1.165, 1.54) is 11.0 Å². The number of aliphatic carboxylic acids is 1. The summed E-state index contributed by atoms with van der Waals surface area (Å²) in [6, 6.07) is 7.77. The van der Waals surface area contributed by atoms with Crippen LogP contribution in [0.25, 0.3) is 6.08 Å². The maximum Gasteiger partial charge on any atom is 0.323 e. The zero-order valence-corrected chi connectivity index (χ0v) is 12.2. The number of hydrogen-bond acceptors (Lipinski definition) is 2. The monoisotopic (exact) mass is 275 g/mol. The summed E-state index contributed by atoms with van der Waals surface area (Å²) in [6.45, 7) is 6.05. The van der Waals surface area contributed by atoms with Gasteiger partial charge in [-0.05, 0) is 24.5 Å². The number of carboxylic acids is 1. The van der Waals surface area contributed by atoms with Crippen molar-refractivity contribution >= 4 is 18.0 Å². The second-order valence-electron chi connectivity index (χ2n) is 5.25. The molecule has 0 heterocycles. The molecule has 0 aliphatic carbocycles. The average Bonchev–Trinajstić information content (AvgIpc) is 2.34. The molecule has 0 radical (unpaired) electrons. The maximum atomic E-state index is 12.0. The van der Waals surface area contributed by atoms with Crippen LogP contribution in [0.3, 0.4) is 0 Å². The van der Waals surface area contributed by atoms with Crippen LogP contribution in [-0.4, -0.2) is 35.0 Å². The normalized spacial score (nSPS) is 11.0. The van der Waals surface area contributed by atoms with E-state index < -0.39 is 5.97 Å². The molecule has 1 rings (SSSR count). The quantitative estimate of drug-likeness (QED) is 0.812. The number of hydrogen-bond donors (Lipinski definition) is 1. The molecule has 20 heavy (non-hydrogen) atoms. The topological polar surface area (TPSA) is 57.6 Å². The highest BCUT2D eigenvalue weighted by atomic mass is 16.4. The molecule has 4 nitrogen and oxygen atoms in total. The van der Waals surface area contributed by atoms with Crippen molar-refractivity contribution in [1.29, 1.82) is 0 Å². The van der Waals surface area contributed by atoms with Crippen LogP contribution in [-0.2, 0) is 9.59 Å². The van der Waals surface area contributed by atoms with E-state index in [0.717, 1.165) is 11.1 Å². The van der Waals surface area contributed by atoms with Crippen LogP contribution in [0.4, 0.5) is 0 Å². The number of carbonyl (C=O) groups excluding carboxylic acids is 1. The Balaban J connectivity index is 2.76. The van der Waals surface area contributed by atoms with Crippen LogP contribution in [0.1, 0.15) is 25.0 Å². The molecule has 0 aliphatic rings. The first-order chi connectivity index (χ1) is 9.38. The number of rotatable bonds is 6. The van der Waals surface area contributed by atoms with Crippen molar-refractivity contribution in [2.24, 2.45) is 5.92 Å². The number of amides is 1. The third-order valence-corrected chi connectivity index (χ3v) is 2.68. The van der Waals surface area contributed by atoms with Crippen molar-refractivity contribution < 1.29 is 14.7 Å². The summed E-state index contributed by atoms with van der Waals surface area (Å²) < 4.78 is 0. The van der Waals surface area contributed by atoms with Crippen LogP contribution in [0, 0.1) is 12.8 Å². The number of carbonyl (C=O) groups is 2. The van der Waals surface area contributed by atoms with Gasteiger partial charge < -0.3 is 10.0 Å². The van der Waals surface area contributed by atoms with E-state index in [0.29, 0.717) is 6.54 Å². The summed E-state index contributed by atoms with van der Waals surface area (Å²) in [4.78, 5) is 24.2. The Hall–Kier alpha value is -2.10. The van der Waals surface area contributed by atoms with Gasteiger partial charge >= 0.3 is 5.97 Å². The van der Waals surface area contributed by atoms with Crippen molar-refractivity contribution in [3.05, 3.63) is 41.5 Å². The fourth-order valence-corrected chi connectivity index (χ4v) is 1.88. The number of aryl methyl sites for hydroxylation is 1. The van der Waals surface area contributed by atoms with Crippen LogP contribution in [0.15, 0.2) is 30.3 Å². The highest BCUT2D eigenvalue weighted by molar-refractivity contribution is 5.93. The summed E-state index contributed by atoms with van der Waals surface area (Å²) in [5.74, 6) is -1.05. The van der Waals surface area contributed by atoms with E-state index in [1.807, 2.05) is 45.0 Å². The molecule has 108 valence electrons. The molecule has 0 aliphatic heterocycles. The van der Waals surface area contributed by atoms with Gasteiger partial charge in [-0.2, -0.15) is 0 Å². The summed E-state index contributed by atoms with van der Waals surface area (Å²) >= 11 is 0. The second-order valence-corrected chi connectivity index (χ2v) is 5.25. The Bertz CT molecular complexity index is 506. The minimum Gasteiger partial charge on any atom is -0.480 e. The minimum absolute atomic E-state index is 0.227. The van der Waals surface area contributed by atoms with E-state index in [1.54, 1.807) is 6.08 Å². The average molecular weight is 275 g/mol. The van der Waals surface area contributed by atoms with Crippen molar-refractivity contribution in [3.8, 4) is 0 Å². The van der Waals surface area contributed by atoms with Crippen LogP contribution in [0.2, 0.25) is 0 Å². The number of nitrogens with zero attached hydrogens (tertiary/aromatic N) is 1. The molecule has 1 aromatic rings. The fourth-order valence-electron chi connectivity index (χ4n) is 1.88. The van der Waals surface area contributed by atoms with E-state index >= 15 is 0 Å². The largest absolute Gasteiger partial charge is 0.480 e. The first kappa shape index (κ1) is 16.0. The van der Waals surface area contributed by atoms with Crippen molar-refractivity contribution in [3.63, 3.8) is 0 Å². The molecule has 1 aromatic carbocycles. The van der Waals surface area contributed by atoms with Crippen LogP contribution < -0.4 is 0 Å². The Morgan fingerprint density at radius 1 is 1.35 bits per heavy atom. The minimum atomic E-state index is -0.997. The van der Waals surface area contributed by atoms with Gasteiger partial charge in [0, 0.05) is 12.6 Å². The molecule has 0 atom stereocenters. The third-order valence-electron chi connectivity index (χ3n) is 2.68. The van der Waals surface area contributed by atoms with Gasteiger partial charge in [-0.15, -0.1) is 0 Å². The molecule has 0 unspecified atom stereocenters. The molecule has 0 aromatic heterocycles. The summed E-state index contributed by atoms with van der Waals surface area (Å²) in [7, 11) is 0. The highest BCUT2D eigenvalue weighted by Crippen LogP contribution is 2.07. The second kappa shape index (κ2) is 7.48. The Labute approximate surface area is 119 Å². The standard InChI is InChI=1S/C16H21NO3/c1-12(2)10-17(11-16(19)20)15(18)8-7-14-6-4-5-13(3)9-14/h4-9,12H,10-11H2,1-3H3,(H,19,20). The van der Waals surface area contributed by atoms with Crippen molar-refractivity contribution in [1.82, 2.24) is 4.90 Å². The zero-order valence-electron chi connectivity index (χ0n) is 12.2. The predicted molar refractivity (Wildman–Crippen MR) is 79.3 cm³/mol. The predicted octanol–water partition coefficient (Wildman–Crippen LogP) is 2.58. The van der Waals surface area contributed by atoms with Gasteiger partial charge in [0.25, 0.3) is 0 Å². The molecule has 0 fully saturated rings. The smallest absolute Gasteiger partial charge is 0.323 e. The highest BCUT2D eigenvalue weighted by Gasteiger charge is 2.15. The lowest BCUT2D eigenvalue weighted by atomic mass is 10.1. The van der Waals surface area contributed by atoms with Gasteiger partial charge in [-0.1, -0.05) is 43.7 Å². The molecule has 4 heteroatoms. The summed E-state index contributed by atoms with van der Waals surface area (Å²) in [6.07, 6.45) is 3.14. The van der Waals surface area contributed by atoms with Crippen LogP contribution in [0.5, 0.6) is 0 Å². The first-order valence-corrected chi connectivity index (χ1v) is 6.64. The fraction of sp³-hybridized carbons (Fsp3) is 0.375. The first-order valence-electron chi connectivity index (χ1n) is 6.64. The lowest BCUT2D eigenvalue weighted by Crippen LogP contribution is -2.37. The molecule has 0 saturated carbocycles. The molecule has 0 spiro atoms. The van der Waals surface area contributed by atoms with Crippen molar-refractivity contribution in [2.75, 3.05) is 13.1 Å². The van der Waals surface area contributed by atoms with Crippen molar-refractivity contribution in [2.45, 2.75) is 20.8 Å². The van der Waals surface area contributed by atoms with Gasteiger partial charge in [-0.25, -0.2) is 0 Å². The Kier molecular flexibility index (Phi) is 5.97. The van der Waals surface area contributed by atoms with Gasteiger partial charge in [0.15, 0.2) is 0 Å². The molecular formula is C16H21NO3. The van der Waals surface area contributed by atoms with E-state index in [9.17, 15) is 9.59 Å². The van der Waals surface area contributed by atoms with E-state index in [4.69, 9.17) is 5.11 Å². The molecule has 0 bridgehead atoms. The van der Waals surface area contributed by atoms with Gasteiger partial charge in [0.2, 0.25) is 5.91 Å². The molecule has 0 saturated heterocycles. The van der Waals surface area contributed by atoms with Gasteiger partial charge in [-0.3, -0.25) is 9.59 Å². The molecular weight excluding hydrogens is 254 g/mol. The van der Waals surface area contributed by atoms with E-state index in [-0.39, 0.29) is 18.4 Å². The Morgan fingerprint density at radius 3 is 2.60 bits per heavy atom. The zero-order chi connectivity index (χ0) is 15.1. The Morgan fingerprint density at radius 2 is 2.05 bits per heavy atom. The summed E-state index contributed by atoms with van der Waals surface area (Å²) in [5, 5.41) is 8.85. The lowest BCUT2D eigenvalue weighted by molar-refractivity contribution is -0.143. The van der Waals surface area contributed by atoms with Gasteiger partial charge in [0.1, 0.15) is 6.54 Å². The third kappa shape index (κ3) is 5.69. The summed E-state index contributed by atoms with van der Waals surface area (Å²) in [5.41, 5.74) is 2.04. The van der Waals surface area contributed by atoms with Crippen LogP contribution >= 0.6 is 0 Å². The lowest BCUT2D eigenvalue weighted by Gasteiger charge is -2.21.